The van der Waals surface area contributed by atoms with Crippen LogP contribution in [-0.4, -0.2) is 28.6 Å². The van der Waals surface area contributed by atoms with E-state index in [4.69, 9.17) is 0 Å². The zero-order chi connectivity index (χ0) is 15.3. The van der Waals surface area contributed by atoms with E-state index < -0.39 is 5.54 Å². The van der Waals surface area contributed by atoms with Crippen LogP contribution >= 0.6 is 0 Å². The molecule has 0 radical (unpaired) electrons. The van der Waals surface area contributed by atoms with Crippen LogP contribution in [0, 0.1) is 0 Å². The van der Waals surface area contributed by atoms with Gasteiger partial charge in [-0.05, 0) is 37.1 Å². The lowest BCUT2D eigenvalue weighted by molar-refractivity contribution is 0.0952. The lowest BCUT2D eigenvalue weighted by Gasteiger charge is -2.21. The lowest BCUT2D eigenvalue weighted by atomic mass is 9.94. The molecule has 0 fully saturated rings. The number of H-pyrrole nitrogens is 1. The Kier molecular flexibility index (Phi) is 4.14. The highest BCUT2D eigenvalue weighted by molar-refractivity contribution is 5.94. The van der Waals surface area contributed by atoms with Gasteiger partial charge in [0.25, 0.3) is 5.91 Å². The highest BCUT2D eigenvalue weighted by atomic mass is 16.1. The first-order valence-corrected chi connectivity index (χ1v) is 7.36. The third-order valence-corrected chi connectivity index (χ3v) is 3.73. The van der Waals surface area contributed by atoms with E-state index in [-0.39, 0.29) is 5.91 Å². The zero-order valence-electron chi connectivity index (χ0n) is 12.2. The number of aromatic nitrogens is 2. The topological polar surface area (TPSA) is 70.1 Å². The number of rotatable bonds is 6. The molecule has 5 heteroatoms. The quantitative estimate of drug-likeness (QED) is 0.803. The summed E-state index contributed by atoms with van der Waals surface area (Å²) < 4.78 is 0. The number of nitrogens with one attached hydrogen (secondary N) is 2. The van der Waals surface area contributed by atoms with Crippen molar-refractivity contribution in [2.45, 2.75) is 18.4 Å². The van der Waals surface area contributed by atoms with Gasteiger partial charge in [-0.15, -0.1) is 0 Å². The van der Waals surface area contributed by atoms with Crippen LogP contribution in [0.3, 0.4) is 0 Å². The first kappa shape index (κ1) is 14.3. The maximum absolute atomic E-state index is 12.0. The first-order valence-electron chi connectivity index (χ1n) is 7.36. The Hall–Kier alpha value is -2.69. The van der Waals surface area contributed by atoms with Gasteiger partial charge < -0.3 is 10.3 Å². The third-order valence-electron chi connectivity index (χ3n) is 3.73. The Morgan fingerprint density at radius 3 is 2.82 bits per heavy atom. The molecule has 1 atom stereocenters. The summed E-state index contributed by atoms with van der Waals surface area (Å²) in [7, 11) is 0. The van der Waals surface area contributed by atoms with Gasteiger partial charge in [0.15, 0.2) is 0 Å². The van der Waals surface area contributed by atoms with Gasteiger partial charge in [-0.3, -0.25) is 9.79 Å². The summed E-state index contributed by atoms with van der Waals surface area (Å²) in [4.78, 5) is 24.0. The van der Waals surface area contributed by atoms with Crippen LogP contribution < -0.4 is 5.32 Å². The fourth-order valence-corrected chi connectivity index (χ4v) is 2.58. The molecule has 1 aliphatic rings. The van der Waals surface area contributed by atoms with Crippen LogP contribution in [-0.2, 0) is 5.54 Å². The van der Waals surface area contributed by atoms with E-state index in [1.54, 1.807) is 18.6 Å². The number of allylic oxidation sites excluding steroid dienone is 1. The Balaban J connectivity index is 1.53. The summed E-state index contributed by atoms with van der Waals surface area (Å²) in [5.74, 6) is 0.796. The fourth-order valence-electron chi connectivity index (χ4n) is 2.58. The summed E-state index contributed by atoms with van der Waals surface area (Å²) in [6.07, 6.45) is 10.9. The minimum absolute atomic E-state index is 0.0434. The molecule has 2 N–H and O–H groups in total. The summed E-state index contributed by atoms with van der Waals surface area (Å²) in [6, 6.07) is 9.24. The SMILES string of the molecule is O=C(NCCCC1(c2ncc[nH]2)C=CC=N1)c1ccccc1. The average molecular weight is 294 g/mol. The van der Waals surface area contributed by atoms with Crippen molar-refractivity contribution < 1.29 is 4.79 Å². The number of imidazole rings is 1. The molecule has 3 rings (SSSR count). The number of aromatic amines is 1. The highest BCUT2D eigenvalue weighted by Gasteiger charge is 2.32. The zero-order valence-corrected chi connectivity index (χ0v) is 12.2. The first-order chi connectivity index (χ1) is 10.8. The fraction of sp³-hybridized carbons (Fsp3) is 0.235. The normalized spacial score (nSPS) is 19.5. The number of carbonyl (C=O) groups excluding carboxylic acids is 1. The molecule has 2 aromatic rings. The van der Waals surface area contributed by atoms with Gasteiger partial charge in [-0.2, -0.15) is 0 Å². The standard InChI is InChI=1S/C17H18N4O/c22-15(14-6-2-1-3-7-14)18-10-4-8-17(9-5-11-21-17)16-19-12-13-20-16/h1-3,5-7,9,11-13H,4,8,10H2,(H,18,22)(H,19,20). The van der Waals surface area contributed by atoms with E-state index in [0.29, 0.717) is 12.1 Å². The molecule has 0 spiro atoms. The molecule has 1 aromatic carbocycles. The molecule has 1 amide bonds. The van der Waals surface area contributed by atoms with Crippen molar-refractivity contribution in [3.05, 3.63) is 66.3 Å². The minimum Gasteiger partial charge on any atom is -0.352 e. The number of benzene rings is 1. The number of hydrogen-bond donors (Lipinski definition) is 2. The maximum atomic E-state index is 12.0. The second-order valence-corrected chi connectivity index (χ2v) is 5.22. The van der Waals surface area contributed by atoms with Crippen molar-refractivity contribution in [3.8, 4) is 0 Å². The van der Waals surface area contributed by atoms with Gasteiger partial charge in [0.2, 0.25) is 0 Å². The van der Waals surface area contributed by atoms with Gasteiger partial charge in [0.1, 0.15) is 11.4 Å². The summed E-state index contributed by atoms with van der Waals surface area (Å²) in [6.45, 7) is 0.611. The van der Waals surface area contributed by atoms with E-state index in [1.165, 1.54) is 0 Å². The van der Waals surface area contributed by atoms with Gasteiger partial charge in [0.05, 0.1) is 0 Å². The van der Waals surface area contributed by atoms with E-state index in [0.717, 1.165) is 18.7 Å². The second kappa shape index (κ2) is 6.39. The molecule has 0 saturated heterocycles. The molecule has 1 aromatic heterocycles. The van der Waals surface area contributed by atoms with Crippen molar-refractivity contribution in [3.63, 3.8) is 0 Å². The largest absolute Gasteiger partial charge is 0.352 e. The molecule has 5 nitrogen and oxygen atoms in total. The van der Waals surface area contributed by atoms with Crippen molar-refractivity contribution in [2.75, 3.05) is 6.54 Å². The van der Waals surface area contributed by atoms with Crippen LogP contribution in [0.2, 0.25) is 0 Å². The van der Waals surface area contributed by atoms with Crippen LogP contribution in [0.25, 0.3) is 0 Å². The lowest BCUT2D eigenvalue weighted by Crippen LogP contribution is -2.27. The molecule has 22 heavy (non-hydrogen) atoms. The molecule has 1 aliphatic heterocycles. The monoisotopic (exact) mass is 294 g/mol. The molecule has 0 bridgehead atoms. The van der Waals surface area contributed by atoms with E-state index in [2.05, 4.69) is 20.3 Å². The number of aliphatic imine (C=N–C) groups is 1. The van der Waals surface area contributed by atoms with Gasteiger partial charge in [-0.1, -0.05) is 18.2 Å². The average Bonchev–Trinajstić information content (AvgIpc) is 3.24. The number of hydrogen-bond acceptors (Lipinski definition) is 3. The second-order valence-electron chi connectivity index (χ2n) is 5.22. The summed E-state index contributed by atoms with van der Waals surface area (Å²) in [5.41, 5.74) is 0.267. The van der Waals surface area contributed by atoms with Crippen molar-refractivity contribution in [1.82, 2.24) is 15.3 Å². The van der Waals surface area contributed by atoms with Gasteiger partial charge in [-0.25, -0.2) is 4.98 Å². The van der Waals surface area contributed by atoms with Gasteiger partial charge in [0, 0.05) is 30.7 Å². The Morgan fingerprint density at radius 2 is 2.14 bits per heavy atom. The predicted octanol–water partition coefficient (Wildman–Crippen LogP) is 2.46. The Labute approximate surface area is 129 Å². The van der Waals surface area contributed by atoms with Crippen molar-refractivity contribution >= 4 is 12.1 Å². The molecule has 112 valence electrons. The smallest absolute Gasteiger partial charge is 0.251 e. The highest BCUT2D eigenvalue weighted by Crippen LogP contribution is 2.32. The summed E-state index contributed by atoms with van der Waals surface area (Å²) in [5, 5.41) is 2.94. The molecule has 2 heterocycles. The number of nitrogens with zero attached hydrogens (tertiary/aromatic N) is 2. The van der Waals surface area contributed by atoms with Crippen LogP contribution in [0.1, 0.15) is 29.0 Å². The minimum atomic E-state index is -0.416. The Morgan fingerprint density at radius 1 is 1.27 bits per heavy atom. The summed E-state index contributed by atoms with van der Waals surface area (Å²) >= 11 is 0. The van der Waals surface area contributed by atoms with E-state index in [1.807, 2.05) is 42.5 Å². The van der Waals surface area contributed by atoms with E-state index >= 15 is 0 Å². The molecule has 0 saturated carbocycles. The molecule has 0 aliphatic carbocycles. The van der Waals surface area contributed by atoms with Crippen molar-refractivity contribution in [2.24, 2.45) is 4.99 Å². The number of amides is 1. The maximum Gasteiger partial charge on any atom is 0.251 e. The van der Waals surface area contributed by atoms with Crippen molar-refractivity contribution in [1.29, 1.82) is 0 Å². The molecular weight excluding hydrogens is 276 g/mol. The van der Waals surface area contributed by atoms with Crippen LogP contribution in [0.5, 0.6) is 0 Å². The van der Waals surface area contributed by atoms with Crippen LogP contribution in [0.4, 0.5) is 0 Å². The predicted molar refractivity (Wildman–Crippen MR) is 85.9 cm³/mol. The third kappa shape index (κ3) is 2.98. The van der Waals surface area contributed by atoms with E-state index in [9.17, 15) is 4.79 Å². The molecular formula is C17H18N4O. The number of carbonyl (C=O) groups is 1. The molecule has 1 unspecified atom stereocenters. The van der Waals surface area contributed by atoms with Crippen LogP contribution in [0.15, 0.2) is 59.9 Å². The Bertz CT molecular complexity index is 662. The van der Waals surface area contributed by atoms with Gasteiger partial charge >= 0.3 is 0 Å².